The number of hydrogen-bond donors (Lipinski definition) is 1. The largest absolute Gasteiger partial charge is 0.463 e. The molecule has 7 nitrogen and oxygen atoms in total. The number of rotatable bonds is 7. The van der Waals surface area contributed by atoms with Gasteiger partial charge in [0.1, 0.15) is 11.5 Å². The molecule has 0 saturated heterocycles. The SMILES string of the molecule is O=c1[nH]nc(CSc2nc(-c3ccco3)cn2-c2ccccc2)n1Cc1ccccc1. The van der Waals surface area contributed by atoms with E-state index in [2.05, 4.69) is 10.2 Å². The highest BCUT2D eigenvalue weighted by atomic mass is 32.2. The summed E-state index contributed by atoms with van der Waals surface area (Å²) in [6, 6.07) is 23.6. The fourth-order valence-electron chi connectivity index (χ4n) is 3.30. The first kappa shape index (κ1) is 19.2. The Hall–Kier alpha value is -3.78. The number of para-hydroxylation sites is 1. The van der Waals surface area contributed by atoms with Crippen LogP contribution in [0.3, 0.4) is 0 Å². The minimum absolute atomic E-state index is 0.220. The molecule has 5 rings (SSSR count). The molecule has 0 amide bonds. The zero-order valence-corrected chi connectivity index (χ0v) is 17.3. The van der Waals surface area contributed by atoms with Gasteiger partial charge >= 0.3 is 5.69 Å². The van der Waals surface area contributed by atoms with Gasteiger partial charge in [0.2, 0.25) is 0 Å². The van der Waals surface area contributed by atoms with Gasteiger partial charge in [0.15, 0.2) is 10.9 Å². The van der Waals surface area contributed by atoms with Crippen LogP contribution in [0, 0.1) is 0 Å². The van der Waals surface area contributed by atoms with Crippen LogP contribution in [0.1, 0.15) is 11.4 Å². The molecule has 3 heterocycles. The third kappa shape index (κ3) is 4.10. The molecule has 0 saturated carbocycles. The highest BCUT2D eigenvalue weighted by Crippen LogP contribution is 2.29. The lowest BCUT2D eigenvalue weighted by molar-refractivity contribution is 0.580. The number of benzene rings is 2. The summed E-state index contributed by atoms with van der Waals surface area (Å²) in [5.41, 5.74) is 2.57. The summed E-state index contributed by atoms with van der Waals surface area (Å²) in [5.74, 6) is 1.87. The van der Waals surface area contributed by atoms with Crippen molar-refractivity contribution in [1.29, 1.82) is 0 Å². The van der Waals surface area contributed by atoms with E-state index < -0.39 is 0 Å². The highest BCUT2D eigenvalue weighted by molar-refractivity contribution is 7.98. The predicted octanol–water partition coefficient (Wildman–Crippen LogP) is 4.36. The molecule has 0 atom stereocenters. The van der Waals surface area contributed by atoms with Crippen molar-refractivity contribution < 1.29 is 4.42 Å². The molecule has 0 bridgehead atoms. The van der Waals surface area contributed by atoms with Crippen molar-refractivity contribution in [3.63, 3.8) is 0 Å². The monoisotopic (exact) mass is 429 g/mol. The first-order chi connectivity index (χ1) is 15.3. The average molecular weight is 430 g/mol. The number of hydrogen-bond acceptors (Lipinski definition) is 5. The lowest BCUT2D eigenvalue weighted by Crippen LogP contribution is -2.19. The first-order valence-electron chi connectivity index (χ1n) is 9.77. The van der Waals surface area contributed by atoms with Crippen LogP contribution in [0.15, 0.2) is 99.6 Å². The smallest absolute Gasteiger partial charge is 0.343 e. The molecule has 0 unspecified atom stereocenters. The summed E-state index contributed by atoms with van der Waals surface area (Å²) in [6.07, 6.45) is 3.59. The van der Waals surface area contributed by atoms with Crippen LogP contribution in [0.25, 0.3) is 17.1 Å². The van der Waals surface area contributed by atoms with Crippen molar-refractivity contribution >= 4 is 11.8 Å². The highest BCUT2D eigenvalue weighted by Gasteiger charge is 2.16. The Morgan fingerprint density at radius 3 is 2.48 bits per heavy atom. The van der Waals surface area contributed by atoms with Crippen molar-refractivity contribution in [3.8, 4) is 17.1 Å². The minimum atomic E-state index is -0.220. The number of aromatic nitrogens is 5. The molecular formula is C23H19N5O2S. The molecule has 2 aromatic carbocycles. The average Bonchev–Trinajstić information content (AvgIpc) is 3.55. The molecule has 5 aromatic rings. The summed E-state index contributed by atoms with van der Waals surface area (Å²) >= 11 is 1.52. The van der Waals surface area contributed by atoms with Crippen molar-refractivity contribution in [3.05, 3.63) is 107 Å². The van der Waals surface area contributed by atoms with E-state index in [0.717, 1.165) is 22.1 Å². The van der Waals surface area contributed by atoms with E-state index >= 15 is 0 Å². The number of aromatic amines is 1. The van der Waals surface area contributed by atoms with E-state index in [4.69, 9.17) is 9.40 Å². The maximum absolute atomic E-state index is 12.3. The fourth-order valence-corrected chi connectivity index (χ4v) is 4.24. The molecule has 0 aliphatic heterocycles. The summed E-state index contributed by atoms with van der Waals surface area (Å²) in [6.45, 7) is 0.469. The predicted molar refractivity (Wildman–Crippen MR) is 119 cm³/mol. The van der Waals surface area contributed by atoms with E-state index in [1.54, 1.807) is 10.8 Å². The van der Waals surface area contributed by atoms with Crippen molar-refractivity contribution in [2.45, 2.75) is 17.5 Å². The molecule has 0 aliphatic rings. The standard InChI is InChI=1S/C23H19N5O2S/c29-22-26-25-21(28(22)14-17-8-3-1-4-9-17)16-31-23-24-19(20-12-7-13-30-20)15-27(23)18-10-5-2-6-11-18/h1-13,15H,14,16H2,(H,26,29). The van der Waals surface area contributed by atoms with Crippen molar-refractivity contribution in [1.82, 2.24) is 24.3 Å². The Labute approximate surface area is 182 Å². The lowest BCUT2D eigenvalue weighted by atomic mass is 10.2. The Kier molecular flexibility index (Phi) is 5.28. The van der Waals surface area contributed by atoms with Gasteiger partial charge in [-0.3, -0.25) is 9.13 Å². The molecule has 31 heavy (non-hydrogen) atoms. The number of nitrogens with zero attached hydrogens (tertiary/aromatic N) is 4. The molecule has 0 aliphatic carbocycles. The Morgan fingerprint density at radius 1 is 0.968 bits per heavy atom. The lowest BCUT2D eigenvalue weighted by Gasteiger charge is -2.08. The van der Waals surface area contributed by atoms with Gasteiger partial charge in [0, 0.05) is 11.9 Å². The van der Waals surface area contributed by atoms with Gasteiger partial charge in [0.05, 0.1) is 18.6 Å². The van der Waals surface area contributed by atoms with Gasteiger partial charge in [-0.25, -0.2) is 14.9 Å². The van der Waals surface area contributed by atoms with Crippen LogP contribution in [-0.2, 0) is 12.3 Å². The maximum Gasteiger partial charge on any atom is 0.343 e. The van der Waals surface area contributed by atoms with Gasteiger partial charge in [0.25, 0.3) is 0 Å². The first-order valence-corrected chi connectivity index (χ1v) is 10.8. The summed E-state index contributed by atoms with van der Waals surface area (Å²) in [5, 5.41) is 7.60. The van der Waals surface area contributed by atoms with E-state index in [9.17, 15) is 4.79 Å². The Morgan fingerprint density at radius 2 is 1.74 bits per heavy atom. The van der Waals surface area contributed by atoms with E-state index in [1.807, 2.05) is 83.6 Å². The summed E-state index contributed by atoms with van der Waals surface area (Å²) < 4.78 is 9.21. The molecular weight excluding hydrogens is 410 g/mol. The van der Waals surface area contributed by atoms with Crippen LogP contribution in [-0.4, -0.2) is 24.3 Å². The molecule has 3 aromatic heterocycles. The number of furan rings is 1. The number of H-pyrrole nitrogens is 1. The van der Waals surface area contributed by atoms with Crippen molar-refractivity contribution in [2.75, 3.05) is 0 Å². The second kappa shape index (κ2) is 8.53. The molecule has 0 fully saturated rings. The zero-order valence-electron chi connectivity index (χ0n) is 16.5. The van der Waals surface area contributed by atoms with Gasteiger partial charge in [-0.15, -0.1) is 0 Å². The normalized spacial score (nSPS) is 11.1. The second-order valence-electron chi connectivity index (χ2n) is 6.90. The second-order valence-corrected chi connectivity index (χ2v) is 7.84. The quantitative estimate of drug-likeness (QED) is 0.389. The van der Waals surface area contributed by atoms with Gasteiger partial charge in [-0.05, 0) is 29.8 Å². The zero-order chi connectivity index (χ0) is 21.0. The topological polar surface area (TPSA) is 81.6 Å². The number of nitrogens with one attached hydrogen (secondary N) is 1. The number of imidazole rings is 1. The Balaban J connectivity index is 1.44. The molecule has 0 spiro atoms. The van der Waals surface area contributed by atoms with E-state index in [1.165, 1.54) is 11.8 Å². The van der Waals surface area contributed by atoms with Gasteiger partial charge in [-0.1, -0.05) is 60.3 Å². The molecule has 154 valence electrons. The molecule has 0 radical (unpaired) electrons. The van der Waals surface area contributed by atoms with Crippen LogP contribution in [0.2, 0.25) is 0 Å². The van der Waals surface area contributed by atoms with Gasteiger partial charge < -0.3 is 4.42 Å². The maximum atomic E-state index is 12.3. The summed E-state index contributed by atoms with van der Waals surface area (Å²) in [7, 11) is 0. The van der Waals surface area contributed by atoms with E-state index in [-0.39, 0.29) is 5.69 Å². The third-order valence-corrected chi connectivity index (χ3v) is 5.78. The third-order valence-electron chi connectivity index (χ3n) is 4.83. The number of thioether (sulfide) groups is 1. The van der Waals surface area contributed by atoms with E-state index in [0.29, 0.717) is 23.9 Å². The minimum Gasteiger partial charge on any atom is -0.463 e. The van der Waals surface area contributed by atoms with Gasteiger partial charge in [-0.2, -0.15) is 5.10 Å². The van der Waals surface area contributed by atoms with Crippen LogP contribution >= 0.6 is 11.8 Å². The van der Waals surface area contributed by atoms with Crippen LogP contribution in [0.4, 0.5) is 0 Å². The molecule has 8 heteroatoms. The van der Waals surface area contributed by atoms with Crippen LogP contribution in [0.5, 0.6) is 0 Å². The summed E-state index contributed by atoms with van der Waals surface area (Å²) in [4.78, 5) is 17.1. The van der Waals surface area contributed by atoms with Crippen molar-refractivity contribution in [2.24, 2.45) is 0 Å². The Bertz CT molecular complexity index is 1320. The van der Waals surface area contributed by atoms with Crippen LogP contribution < -0.4 is 5.69 Å². The fraction of sp³-hybridized carbons (Fsp3) is 0.0870. The molecule has 1 N–H and O–H groups in total.